The first-order chi connectivity index (χ1) is 10.9. The van der Waals surface area contributed by atoms with Crippen molar-refractivity contribution in [2.24, 2.45) is 0 Å². The molecule has 0 saturated carbocycles. The van der Waals surface area contributed by atoms with Crippen LogP contribution in [-0.4, -0.2) is 60.2 Å². The molecule has 0 aromatic carbocycles. The zero-order valence-electron chi connectivity index (χ0n) is 13.6. The Morgan fingerprint density at radius 3 is 2.27 bits per heavy atom. The molecule has 0 spiro atoms. The van der Waals surface area contributed by atoms with Crippen LogP contribution in [0.15, 0.2) is 24.5 Å². The Hall–Kier alpha value is -1.13. The molecule has 0 amide bonds. The summed E-state index contributed by atoms with van der Waals surface area (Å²) < 4.78 is 6.02. The zero-order chi connectivity index (χ0) is 15.0. The van der Waals surface area contributed by atoms with Gasteiger partial charge in [-0.15, -0.1) is 0 Å². The van der Waals surface area contributed by atoms with Gasteiger partial charge in [-0.3, -0.25) is 4.98 Å². The molecular weight excluding hydrogens is 274 g/mol. The first kappa shape index (κ1) is 15.8. The number of aromatic nitrogens is 1. The summed E-state index contributed by atoms with van der Waals surface area (Å²) in [6, 6.07) is 3.93. The van der Waals surface area contributed by atoms with Crippen molar-refractivity contribution in [2.75, 3.05) is 39.3 Å². The van der Waals surface area contributed by atoms with E-state index in [0.29, 0.717) is 6.10 Å². The molecule has 3 rings (SSSR count). The molecule has 0 unspecified atom stereocenters. The maximum absolute atomic E-state index is 6.02. The van der Waals surface area contributed by atoms with Crippen LogP contribution in [0, 0.1) is 0 Å². The lowest BCUT2D eigenvalue weighted by atomic mass is 10.1. The third-order valence-corrected chi connectivity index (χ3v) is 4.90. The quantitative estimate of drug-likeness (QED) is 0.836. The summed E-state index contributed by atoms with van der Waals surface area (Å²) in [5, 5.41) is 0. The van der Waals surface area contributed by atoms with Crippen molar-refractivity contribution >= 4 is 0 Å². The molecule has 4 nitrogen and oxygen atoms in total. The van der Waals surface area contributed by atoms with Crippen molar-refractivity contribution in [2.45, 2.75) is 44.6 Å². The molecule has 1 aromatic rings. The Morgan fingerprint density at radius 2 is 1.64 bits per heavy atom. The van der Waals surface area contributed by atoms with Crippen molar-refractivity contribution in [1.29, 1.82) is 0 Å². The Morgan fingerprint density at radius 1 is 0.955 bits per heavy atom. The van der Waals surface area contributed by atoms with Crippen LogP contribution in [-0.2, 0) is 0 Å². The molecule has 2 fully saturated rings. The van der Waals surface area contributed by atoms with Crippen LogP contribution in [0.4, 0.5) is 0 Å². The number of hydrogen-bond donors (Lipinski definition) is 0. The molecule has 4 heteroatoms. The summed E-state index contributed by atoms with van der Waals surface area (Å²) >= 11 is 0. The second-order valence-electron chi connectivity index (χ2n) is 6.60. The second kappa shape index (κ2) is 8.49. The summed E-state index contributed by atoms with van der Waals surface area (Å²) in [4.78, 5) is 9.38. The molecule has 2 saturated heterocycles. The van der Waals surface area contributed by atoms with Gasteiger partial charge in [-0.2, -0.15) is 0 Å². The van der Waals surface area contributed by atoms with Gasteiger partial charge in [0.25, 0.3) is 0 Å². The summed E-state index contributed by atoms with van der Waals surface area (Å²) in [5.74, 6) is 0.908. The molecule has 22 heavy (non-hydrogen) atoms. The second-order valence-corrected chi connectivity index (χ2v) is 6.60. The maximum Gasteiger partial charge on any atom is 0.137 e. The molecule has 0 radical (unpaired) electrons. The molecule has 1 aromatic heterocycles. The third kappa shape index (κ3) is 4.96. The number of nitrogens with zero attached hydrogens (tertiary/aromatic N) is 3. The van der Waals surface area contributed by atoms with Gasteiger partial charge in [0.1, 0.15) is 11.9 Å². The van der Waals surface area contributed by atoms with E-state index in [4.69, 9.17) is 4.74 Å². The van der Waals surface area contributed by atoms with E-state index in [-0.39, 0.29) is 0 Å². The van der Waals surface area contributed by atoms with Gasteiger partial charge >= 0.3 is 0 Å². The maximum atomic E-state index is 6.02. The van der Waals surface area contributed by atoms with Gasteiger partial charge < -0.3 is 14.5 Å². The van der Waals surface area contributed by atoms with E-state index >= 15 is 0 Å². The zero-order valence-corrected chi connectivity index (χ0v) is 13.6. The lowest BCUT2D eigenvalue weighted by Crippen LogP contribution is -2.42. The largest absolute Gasteiger partial charge is 0.489 e. The smallest absolute Gasteiger partial charge is 0.137 e. The van der Waals surface area contributed by atoms with Crippen molar-refractivity contribution in [3.8, 4) is 5.75 Å². The average Bonchev–Trinajstić information content (AvgIpc) is 2.84. The van der Waals surface area contributed by atoms with E-state index in [0.717, 1.165) is 18.6 Å². The number of pyridine rings is 1. The highest BCUT2D eigenvalue weighted by Crippen LogP contribution is 2.18. The monoisotopic (exact) mass is 303 g/mol. The Bertz CT molecular complexity index is 410. The Kier molecular flexibility index (Phi) is 6.08. The van der Waals surface area contributed by atoms with Crippen LogP contribution >= 0.6 is 0 Å². The summed E-state index contributed by atoms with van der Waals surface area (Å²) in [7, 11) is 0. The number of rotatable bonds is 5. The molecule has 2 aliphatic rings. The van der Waals surface area contributed by atoms with Crippen LogP contribution in [0.1, 0.15) is 38.5 Å². The van der Waals surface area contributed by atoms with E-state index in [1.807, 2.05) is 18.3 Å². The third-order valence-electron chi connectivity index (χ3n) is 4.90. The van der Waals surface area contributed by atoms with Crippen LogP contribution in [0.2, 0.25) is 0 Å². The molecule has 2 aliphatic heterocycles. The van der Waals surface area contributed by atoms with Gasteiger partial charge in [0.05, 0.1) is 6.20 Å². The molecule has 0 bridgehead atoms. The van der Waals surface area contributed by atoms with Crippen LogP contribution in [0.5, 0.6) is 5.75 Å². The van der Waals surface area contributed by atoms with Gasteiger partial charge in [0, 0.05) is 32.4 Å². The topological polar surface area (TPSA) is 28.6 Å². The number of hydrogen-bond acceptors (Lipinski definition) is 4. The molecule has 122 valence electrons. The highest BCUT2D eigenvalue weighted by Gasteiger charge is 2.21. The lowest BCUT2D eigenvalue weighted by molar-refractivity contribution is 0.0929. The number of ether oxygens (including phenoxy) is 1. The first-order valence-electron chi connectivity index (χ1n) is 8.91. The van der Waals surface area contributed by atoms with Gasteiger partial charge in [-0.25, -0.2) is 0 Å². The predicted molar refractivity (Wildman–Crippen MR) is 89.2 cm³/mol. The number of likely N-dealkylation sites (tertiary alicyclic amines) is 2. The minimum absolute atomic E-state index is 0.360. The van der Waals surface area contributed by atoms with Crippen molar-refractivity contribution in [1.82, 2.24) is 14.8 Å². The van der Waals surface area contributed by atoms with Crippen LogP contribution in [0.25, 0.3) is 0 Å². The van der Waals surface area contributed by atoms with E-state index in [2.05, 4.69) is 14.8 Å². The van der Waals surface area contributed by atoms with E-state index in [9.17, 15) is 0 Å². The SMILES string of the molecule is c1cncc(OC2CCN(CCN3CCCCCC3)CC2)c1. The van der Waals surface area contributed by atoms with Crippen molar-refractivity contribution < 1.29 is 4.74 Å². The highest BCUT2D eigenvalue weighted by molar-refractivity contribution is 5.15. The number of piperidine rings is 1. The molecule has 0 aliphatic carbocycles. The minimum atomic E-state index is 0.360. The van der Waals surface area contributed by atoms with Crippen molar-refractivity contribution in [3.63, 3.8) is 0 Å². The van der Waals surface area contributed by atoms with E-state index in [1.54, 1.807) is 6.20 Å². The summed E-state index contributed by atoms with van der Waals surface area (Å²) in [5.41, 5.74) is 0. The van der Waals surface area contributed by atoms with Crippen LogP contribution < -0.4 is 4.74 Å². The van der Waals surface area contributed by atoms with E-state index in [1.165, 1.54) is 65.0 Å². The predicted octanol–water partition coefficient (Wildman–Crippen LogP) is 2.80. The Balaban J connectivity index is 1.35. The fourth-order valence-corrected chi connectivity index (χ4v) is 3.50. The van der Waals surface area contributed by atoms with Gasteiger partial charge in [-0.05, 0) is 50.9 Å². The Labute approximate surface area is 134 Å². The summed E-state index contributed by atoms with van der Waals surface area (Å²) in [6.45, 7) is 7.41. The average molecular weight is 303 g/mol. The molecule has 3 heterocycles. The summed E-state index contributed by atoms with van der Waals surface area (Å²) in [6.07, 6.45) is 11.9. The van der Waals surface area contributed by atoms with Gasteiger partial charge in [0.2, 0.25) is 0 Å². The normalized spacial score (nSPS) is 22.4. The van der Waals surface area contributed by atoms with Gasteiger partial charge in [-0.1, -0.05) is 12.8 Å². The molecule has 0 atom stereocenters. The lowest BCUT2D eigenvalue weighted by Gasteiger charge is -2.33. The standard InChI is InChI=1S/C18H29N3O/c1-2-4-11-20(10-3-1)14-15-21-12-7-17(8-13-21)22-18-6-5-9-19-16-18/h5-6,9,16-17H,1-4,7-8,10-15H2. The first-order valence-corrected chi connectivity index (χ1v) is 8.91. The fourth-order valence-electron chi connectivity index (χ4n) is 3.50. The van der Waals surface area contributed by atoms with E-state index < -0.39 is 0 Å². The highest BCUT2D eigenvalue weighted by atomic mass is 16.5. The van der Waals surface area contributed by atoms with Gasteiger partial charge in [0.15, 0.2) is 0 Å². The fraction of sp³-hybridized carbons (Fsp3) is 0.722. The minimum Gasteiger partial charge on any atom is -0.489 e. The van der Waals surface area contributed by atoms with Crippen LogP contribution in [0.3, 0.4) is 0 Å². The van der Waals surface area contributed by atoms with Crippen molar-refractivity contribution in [3.05, 3.63) is 24.5 Å². The molecular formula is C18H29N3O. The molecule has 0 N–H and O–H groups in total.